The summed E-state index contributed by atoms with van der Waals surface area (Å²) in [6.07, 6.45) is 0.741. The van der Waals surface area contributed by atoms with E-state index in [1.807, 2.05) is 6.92 Å². The van der Waals surface area contributed by atoms with Crippen LogP contribution in [0.3, 0.4) is 0 Å². The second kappa shape index (κ2) is 6.23. The Labute approximate surface area is 130 Å². The van der Waals surface area contributed by atoms with Crippen molar-refractivity contribution in [1.29, 1.82) is 0 Å². The van der Waals surface area contributed by atoms with Gasteiger partial charge >= 0.3 is 5.69 Å². The summed E-state index contributed by atoms with van der Waals surface area (Å²) in [7, 11) is 0. The van der Waals surface area contributed by atoms with Crippen LogP contribution < -0.4 is 11.4 Å². The minimum Gasteiger partial charge on any atom is -0.422 e. The van der Waals surface area contributed by atoms with E-state index in [0.717, 1.165) is 0 Å². The fourth-order valence-electron chi connectivity index (χ4n) is 2.00. The van der Waals surface area contributed by atoms with Gasteiger partial charge < -0.3 is 20.1 Å². The standard InChI is InChI=1S/C11H16N3O3.Y/c1-3-7-9(15)6(2)10(17-7)14-5-4-8(12)13-11(14)16;/h4-5,7,9-10,15H,3H2,1-2H3,(H2,12,13,16);/q-1;/t7-,9+,10-;/m1./s1. The van der Waals surface area contributed by atoms with E-state index in [1.165, 1.54) is 16.8 Å². The Morgan fingerprint density at radius 1 is 1.67 bits per heavy atom. The van der Waals surface area contributed by atoms with Crippen LogP contribution in [-0.4, -0.2) is 26.9 Å². The zero-order chi connectivity index (χ0) is 12.6. The van der Waals surface area contributed by atoms with E-state index < -0.39 is 18.0 Å². The van der Waals surface area contributed by atoms with Gasteiger partial charge in [-0.2, -0.15) is 11.9 Å². The first-order chi connectivity index (χ1) is 8.04. The molecule has 1 fully saturated rings. The third kappa shape index (κ3) is 2.82. The van der Waals surface area contributed by atoms with Gasteiger partial charge in [-0.3, -0.25) is 0 Å². The van der Waals surface area contributed by atoms with Gasteiger partial charge in [-0.1, -0.05) is 6.92 Å². The smallest absolute Gasteiger partial charge is 0.349 e. The molecular weight excluding hydrogens is 311 g/mol. The van der Waals surface area contributed by atoms with Crippen molar-refractivity contribution in [1.82, 2.24) is 9.55 Å². The molecule has 1 aromatic rings. The second-order valence-corrected chi connectivity index (χ2v) is 4.17. The summed E-state index contributed by atoms with van der Waals surface area (Å²) in [4.78, 5) is 15.3. The van der Waals surface area contributed by atoms with Gasteiger partial charge in [-0.05, 0) is 18.6 Å². The van der Waals surface area contributed by atoms with Crippen LogP contribution in [0.15, 0.2) is 17.1 Å². The molecular formula is C11H16N3O3Y-. The molecule has 7 heteroatoms. The summed E-state index contributed by atoms with van der Waals surface area (Å²) in [6, 6.07) is 1.53. The molecule has 3 N–H and O–H groups in total. The number of hydrogen-bond acceptors (Lipinski definition) is 5. The van der Waals surface area contributed by atoms with Gasteiger partial charge in [-0.25, -0.2) is 10.7 Å². The molecule has 0 amide bonds. The summed E-state index contributed by atoms with van der Waals surface area (Å²) in [6.45, 7) is 3.70. The molecule has 97 valence electrons. The van der Waals surface area contributed by atoms with Gasteiger partial charge in [0.25, 0.3) is 0 Å². The van der Waals surface area contributed by atoms with Crippen molar-refractivity contribution in [2.24, 2.45) is 0 Å². The fourth-order valence-corrected chi connectivity index (χ4v) is 2.00. The number of nitrogens with two attached hydrogens (primary N) is 1. The largest absolute Gasteiger partial charge is 0.422 e. The molecule has 1 aliphatic rings. The van der Waals surface area contributed by atoms with Crippen molar-refractivity contribution in [3.63, 3.8) is 0 Å². The summed E-state index contributed by atoms with van der Waals surface area (Å²) in [5, 5.41) is 9.91. The molecule has 1 saturated heterocycles. The maximum atomic E-state index is 11.7. The quantitative estimate of drug-likeness (QED) is 0.751. The molecule has 0 unspecified atom stereocenters. The number of aliphatic hydroxyl groups excluding tert-OH is 1. The molecule has 6 nitrogen and oxygen atoms in total. The van der Waals surface area contributed by atoms with Gasteiger partial charge in [0.1, 0.15) is 5.82 Å². The summed E-state index contributed by atoms with van der Waals surface area (Å²) < 4.78 is 6.97. The molecule has 0 spiro atoms. The van der Waals surface area contributed by atoms with E-state index in [-0.39, 0.29) is 44.6 Å². The van der Waals surface area contributed by atoms with E-state index in [0.29, 0.717) is 12.3 Å². The summed E-state index contributed by atoms with van der Waals surface area (Å²) >= 11 is 0. The average molecular weight is 327 g/mol. The molecule has 2 rings (SSSR count). The van der Waals surface area contributed by atoms with E-state index in [9.17, 15) is 9.90 Å². The van der Waals surface area contributed by atoms with Crippen LogP contribution in [0.1, 0.15) is 26.5 Å². The van der Waals surface area contributed by atoms with Gasteiger partial charge in [0.15, 0.2) is 0 Å². The molecule has 2 heterocycles. The third-order valence-electron chi connectivity index (χ3n) is 3.02. The molecule has 0 saturated carbocycles. The van der Waals surface area contributed by atoms with Gasteiger partial charge in [0.2, 0.25) is 0 Å². The van der Waals surface area contributed by atoms with E-state index in [1.54, 1.807) is 6.92 Å². The van der Waals surface area contributed by atoms with Crippen molar-refractivity contribution in [2.45, 2.75) is 38.7 Å². The topological polar surface area (TPSA) is 90.4 Å². The molecule has 18 heavy (non-hydrogen) atoms. The van der Waals surface area contributed by atoms with Crippen molar-refractivity contribution in [3.8, 4) is 0 Å². The van der Waals surface area contributed by atoms with Crippen LogP contribution in [0.25, 0.3) is 0 Å². The number of anilines is 1. The van der Waals surface area contributed by atoms with Crippen LogP contribution in [0.5, 0.6) is 0 Å². The van der Waals surface area contributed by atoms with Crippen molar-refractivity contribution >= 4 is 5.82 Å². The number of ether oxygens (including phenoxy) is 1. The third-order valence-corrected chi connectivity index (χ3v) is 3.02. The maximum Gasteiger partial charge on any atom is 0.349 e. The Balaban J connectivity index is 0.00000162. The monoisotopic (exact) mass is 327 g/mol. The van der Waals surface area contributed by atoms with Crippen LogP contribution in [0, 0.1) is 5.92 Å². The fraction of sp³-hybridized carbons (Fsp3) is 0.545. The molecule has 3 atom stereocenters. The first-order valence-electron chi connectivity index (χ1n) is 5.56. The molecule has 0 aromatic carbocycles. The van der Waals surface area contributed by atoms with E-state index >= 15 is 0 Å². The summed E-state index contributed by atoms with van der Waals surface area (Å²) in [5.41, 5.74) is 4.95. The van der Waals surface area contributed by atoms with Gasteiger partial charge in [-0.15, -0.1) is 0 Å². The number of aliphatic hydroxyl groups is 1. The Morgan fingerprint density at radius 3 is 2.83 bits per heavy atom. The minimum absolute atomic E-state index is 0. The van der Waals surface area contributed by atoms with E-state index in [4.69, 9.17) is 10.5 Å². The molecule has 1 aliphatic heterocycles. The number of nitrogen functional groups attached to an aromatic ring is 1. The Bertz CT molecular complexity index is 465. The van der Waals surface area contributed by atoms with Gasteiger partial charge in [0.05, 0.1) is 6.10 Å². The molecule has 0 bridgehead atoms. The first-order valence-corrected chi connectivity index (χ1v) is 5.56. The predicted octanol–water partition coefficient (Wildman–Crippen LogP) is 0.0857. The first kappa shape index (κ1) is 15.8. The number of rotatable bonds is 2. The minimum atomic E-state index is -0.644. The number of hydrogen-bond donors (Lipinski definition) is 2. The predicted molar refractivity (Wildman–Crippen MR) is 62.0 cm³/mol. The number of nitrogens with zero attached hydrogens (tertiary/aromatic N) is 2. The normalized spacial score (nSPS) is 28.1. The Hall–Kier alpha value is -0.296. The zero-order valence-corrected chi connectivity index (χ0v) is 13.2. The molecule has 0 aliphatic carbocycles. The Morgan fingerprint density at radius 2 is 2.33 bits per heavy atom. The Kier molecular flexibility index (Phi) is 5.46. The maximum absolute atomic E-state index is 11.7. The average Bonchev–Trinajstić information content (AvgIpc) is 2.57. The zero-order valence-electron chi connectivity index (χ0n) is 10.4. The summed E-state index contributed by atoms with van der Waals surface area (Å²) in [5.74, 6) is 0.889. The van der Waals surface area contributed by atoms with Crippen molar-refractivity contribution in [3.05, 3.63) is 28.7 Å². The van der Waals surface area contributed by atoms with Crippen molar-refractivity contribution in [2.75, 3.05) is 5.73 Å². The SMILES string of the molecule is CC[C@H]1O[C@@H](n2ccc(N)nc2=O)[C-](C)[C@@H]1O.[Y]. The molecule has 1 radical (unpaired) electrons. The van der Waals surface area contributed by atoms with Crippen LogP contribution in [-0.2, 0) is 37.4 Å². The second-order valence-electron chi connectivity index (χ2n) is 4.17. The van der Waals surface area contributed by atoms with Crippen LogP contribution in [0.4, 0.5) is 5.82 Å². The van der Waals surface area contributed by atoms with Crippen molar-refractivity contribution < 1.29 is 42.6 Å². The molecule has 1 aromatic heterocycles. The van der Waals surface area contributed by atoms with Gasteiger partial charge in [0, 0.05) is 45.1 Å². The van der Waals surface area contributed by atoms with Crippen LogP contribution >= 0.6 is 0 Å². The van der Waals surface area contributed by atoms with E-state index in [2.05, 4.69) is 4.98 Å². The van der Waals surface area contributed by atoms with Crippen LogP contribution in [0.2, 0.25) is 0 Å². The number of aromatic nitrogens is 2.